The van der Waals surface area contributed by atoms with E-state index >= 15 is 0 Å². The molecule has 0 aromatic heterocycles. The zero-order valence-electron chi connectivity index (χ0n) is 15.4. The number of methoxy groups -OCH3 is 1. The molecule has 0 aliphatic heterocycles. The highest BCUT2D eigenvalue weighted by atomic mass is 79.9. The van der Waals surface area contributed by atoms with E-state index in [4.69, 9.17) is 4.74 Å². The molecule has 0 radical (unpaired) electrons. The van der Waals surface area contributed by atoms with Gasteiger partial charge in [0.1, 0.15) is 17.4 Å². The quantitative estimate of drug-likeness (QED) is 0.417. The van der Waals surface area contributed by atoms with Crippen LogP contribution in [0.15, 0.2) is 63.5 Å². The van der Waals surface area contributed by atoms with Crippen molar-refractivity contribution in [3.63, 3.8) is 0 Å². The third kappa shape index (κ3) is 5.03. The number of hydrogen-bond acceptors (Lipinski definition) is 3. The van der Waals surface area contributed by atoms with Crippen LogP contribution >= 0.6 is 31.9 Å². The van der Waals surface area contributed by atoms with E-state index in [0.717, 1.165) is 0 Å². The van der Waals surface area contributed by atoms with E-state index in [2.05, 4.69) is 42.5 Å². The summed E-state index contributed by atoms with van der Waals surface area (Å²) < 4.78 is 34.3. The topological polar surface area (TPSA) is 67.4 Å². The van der Waals surface area contributed by atoms with Gasteiger partial charge in [-0.25, -0.2) is 8.78 Å². The summed E-state index contributed by atoms with van der Waals surface area (Å²) in [5.41, 5.74) is 0.0455. The van der Waals surface area contributed by atoms with Crippen molar-refractivity contribution in [3.05, 3.63) is 86.3 Å². The maximum atomic E-state index is 14.0. The Balaban J connectivity index is 1.89. The molecule has 0 atom stereocenters. The highest BCUT2D eigenvalue weighted by molar-refractivity contribution is 9.10. The number of benzene rings is 3. The van der Waals surface area contributed by atoms with Crippen LogP contribution in [0.5, 0.6) is 5.75 Å². The molecular weight excluding hydrogens is 526 g/mol. The van der Waals surface area contributed by atoms with Crippen LogP contribution in [0.1, 0.15) is 20.7 Å². The maximum absolute atomic E-state index is 14.0. The Bertz CT molecular complexity index is 1140. The van der Waals surface area contributed by atoms with Gasteiger partial charge in [0.05, 0.1) is 24.0 Å². The third-order valence-electron chi connectivity index (χ3n) is 4.06. The van der Waals surface area contributed by atoms with E-state index < -0.39 is 23.4 Å². The van der Waals surface area contributed by atoms with E-state index in [0.29, 0.717) is 8.95 Å². The molecule has 5 nitrogen and oxygen atoms in total. The van der Waals surface area contributed by atoms with Crippen molar-refractivity contribution in [3.8, 4) is 5.75 Å². The van der Waals surface area contributed by atoms with E-state index in [-0.39, 0.29) is 28.3 Å². The first kappa shape index (κ1) is 21.9. The predicted molar refractivity (Wildman–Crippen MR) is 117 cm³/mol. The average molecular weight is 540 g/mol. The number of hydrogen-bond donors (Lipinski definition) is 2. The number of anilines is 2. The summed E-state index contributed by atoms with van der Waals surface area (Å²) in [5.74, 6) is -2.34. The summed E-state index contributed by atoms with van der Waals surface area (Å²) in [6.45, 7) is 0. The van der Waals surface area contributed by atoms with Crippen LogP contribution in [0.25, 0.3) is 0 Å². The lowest BCUT2D eigenvalue weighted by Gasteiger charge is -2.12. The SMILES string of the molecule is COc1ccc(C(=O)Nc2cc(Br)ccc2F)cc1C(=O)Nc1cc(Br)ccc1F. The molecule has 0 saturated carbocycles. The molecular formula is C21H14Br2F2N2O3. The van der Waals surface area contributed by atoms with E-state index in [9.17, 15) is 18.4 Å². The molecule has 0 bridgehead atoms. The standard InChI is InChI=1S/C21H14Br2F2N2O3/c1-30-19-7-2-11(20(28)26-17-9-12(22)3-5-15(17)24)8-14(19)21(29)27-18-10-13(23)4-6-16(18)25/h2-10H,1H3,(H,26,28)(H,27,29). The monoisotopic (exact) mass is 538 g/mol. The van der Waals surface area contributed by atoms with Gasteiger partial charge in [-0.3, -0.25) is 9.59 Å². The fourth-order valence-electron chi connectivity index (χ4n) is 2.60. The van der Waals surface area contributed by atoms with Crippen LogP contribution in [0.4, 0.5) is 20.2 Å². The van der Waals surface area contributed by atoms with Crippen molar-refractivity contribution in [2.45, 2.75) is 0 Å². The summed E-state index contributed by atoms with van der Waals surface area (Å²) in [6.07, 6.45) is 0. The molecule has 2 N–H and O–H groups in total. The molecule has 0 spiro atoms. The largest absolute Gasteiger partial charge is 0.496 e. The van der Waals surface area contributed by atoms with Gasteiger partial charge in [0.25, 0.3) is 11.8 Å². The molecule has 0 fully saturated rings. The highest BCUT2D eigenvalue weighted by Crippen LogP contribution is 2.26. The zero-order chi connectivity index (χ0) is 21.8. The van der Waals surface area contributed by atoms with Crippen LogP contribution < -0.4 is 15.4 Å². The number of amides is 2. The Morgan fingerprint density at radius 3 is 1.87 bits per heavy atom. The molecule has 3 aromatic rings. The summed E-state index contributed by atoms with van der Waals surface area (Å²) in [4.78, 5) is 25.3. The van der Waals surface area contributed by atoms with E-state index in [1.165, 1.54) is 61.7 Å². The molecule has 3 rings (SSSR count). The third-order valence-corrected chi connectivity index (χ3v) is 5.05. The molecule has 0 aliphatic rings. The predicted octanol–water partition coefficient (Wildman–Crippen LogP) is 6.00. The van der Waals surface area contributed by atoms with Crippen molar-refractivity contribution in [2.75, 3.05) is 17.7 Å². The van der Waals surface area contributed by atoms with Crippen LogP contribution in [-0.4, -0.2) is 18.9 Å². The fraction of sp³-hybridized carbons (Fsp3) is 0.0476. The minimum Gasteiger partial charge on any atom is -0.496 e. The van der Waals surface area contributed by atoms with Gasteiger partial charge in [-0.15, -0.1) is 0 Å². The minimum absolute atomic E-state index is 0.0132. The first-order valence-electron chi connectivity index (χ1n) is 8.49. The molecule has 9 heteroatoms. The zero-order valence-corrected chi connectivity index (χ0v) is 18.6. The number of carbonyl (C=O) groups excluding carboxylic acids is 2. The average Bonchev–Trinajstić information content (AvgIpc) is 2.72. The van der Waals surface area contributed by atoms with Gasteiger partial charge >= 0.3 is 0 Å². The fourth-order valence-corrected chi connectivity index (χ4v) is 3.32. The lowest BCUT2D eigenvalue weighted by Crippen LogP contribution is -2.17. The number of carbonyl (C=O) groups is 2. The number of rotatable bonds is 5. The maximum Gasteiger partial charge on any atom is 0.259 e. The minimum atomic E-state index is -0.674. The smallest absolute Gasteiger partial charge is 0.259 e. The van der Waals surface area contributed by atoms with Gasteiger partial charge in [-0.05, 0) is 54.6 Å². The molecule has 0 heterocycles. The molecule has 2 amide bonds. The Labute approximate surface area is 187 Å². The molecule has 3 aromatic carbocycles. The Morgan fingerprint density at radius 1 is 0.800 bits per heavy atom. The normalized spacial score (nSPS) is 10.4. The summed E-state index contributed by atoms with van der Waals surface area (Å²) in [7, 11) is 1.36. The summed E-state index contributed by atoms with van der Waals surface area (Å²) >= 11 is 6.43. The van der Waals surface area contributed by atoms with Crippen molar-refractivity contribution in [1.29, 1.82) is 0 Å². The second-order valence-electron chi connectivity index (χ2n) is 6.07. The number of ether oxygens (including phenoxy) is 1. The van der Waals surface area contributed by atoms with Crippen molar-refractivity contribution in [2.24, 2.45) is 0 Å². The Morgan fingerprint density at radius 2 is 1.33 bits per heavy atom. The van der Waals surface area contributed by atoms with Crippen molar-refractivity contribution in [1.82, 2.24) is 0 Å². The van der Waals surface area contributed by atoms with Crippen molar-refractivity contribution < 1.29 is 23.1 Å². The molecule has 0 aliphatic carbocycles. The van der Waals surface area contributed by atoms with Crippen LogP contribution in [-0.2, 0) is 0 Å². The molecule has 0 unspecified atom stereocenters. The van der Waals surface area contributed by atoms with Gasteiger partial charge in [-0.2, -0.15) is 0 Å². The summed E-state index contributed by atoms with van der Waals surface area (Å²) in [6, 6.07) is 12.4. The van der Waals surface area contributed by atoms with Gasteiger partial charge in [0.15, 0.2) is 0 Å². The number of nitrogens with one attached hydrogen (secondary N) is 2. The second-order valence-corrected chi connectivity index (χ2v) is 7.90. The van der Waals surface area contributed by atoms with Crippen LogP contribution in [0, 0.1) is 11.6 Å². The van der Waals surface area contributed by atoms with Gasteiger partial charge in [-0.1, -0.05) is 31.9 Å². The van der Waals surface area contributed by atoms with E-state index in [1.807, 2.05) is 0 Å². The van der Waals surface area contributed by atoms with Gasteiger partial charge < -0.3 is 15.4 Å². The second kappa shape index (κ2) is 9.36. The molecule has 30 heavy (non-hydrogen) atoms. The first-order chi connectivity index (χ1) is 14.3. The lowest BCUT2D eigenvalue weighted by atomic mass is 10.1. The van der Waals surface area contributed by atoms with Crippen molar-refractivity contribution >= 4 is 55.0 Å². The van der Waals surface area contributed by atoms with Gasteiger partial charge in [0.2, 0.25) is 0 Å². The summed E-state index contributed by atoms with van der Waals surface area (Å²) in [5, 5.41) is 4.91. The highest BCUT2D eigenvalue weighted by Gasteiger charge is 2.18. The lowest BCUT2D eigenvalue weighted by molar-refractivity contribution is 0.102. The van der Waals surface area contributed by atoms with Crippen LogP contribution in [0.2, 0.25) is 0 Å². The Kier molecular flexibility index (Phi) is 6.84. The van der Waals surface area contributed by atoms with Crippen LogP contribution in [0.3, 0.4) is 0 Å². The number of halogens is 4. The Hall–Kier alpha value is -2.78. The molecule has 0 saturated heterocycles. The van der Waals surface area contributed by atoms with Gasteiger partial charge in [0, 0.05) is 14.5 Å². The van der Waals surface area contributed by atoms with E-state index in [1.54, 1.807) is 0 Å². The first-order valence-corrected chi connectivity index (χ1v) is 10.1. The molecule has 154 valence electrons.